The number of aryl methyl sites for hydroxylation is 1. The molecular weight excluding hydrogens is 394 g/mol. The maximum atomic E-state index is 13.2. The number of nitrogens with one attached hydrogen (secondary N) is 1. The van der Waals surface area contributed by atoms with Crippen LogP contribution in [0.1, 0.15) is 27.2 Å². The lowest BCUT2D eigenvalue weighted by Crippen LogP contribution is -2.24. The minimum atomic E-state index is -0.232. The van der Waals surface area contributed by atoms with Crippen molar-refractivity contribution < 1.29 is 13.7 Å². The molecule has 5 aromatic rings. The van der Waals surface area contributed by atoms with Gasteiger partial charge in [0.25, 0.3) is 11.6 Å². The van der Waals surface area contributed by atoms with Gasteiger partial charge >= 0.3 is 0 Å². The Labute approximate surface area is 177 Å². The van der Waals surface area contributed by atoms with Crippen molar-refractivity contribution in [2.75, 3.05) is 0 Å². The van der Waals surface area contributed by atoms with Gasteiger partial charge in [-0.1, -0.05) is 29.4 Å². The zero-order valence-corrected chi connectivity index (χ0v) is 16.8. The Morgan fingerprint density at radius 3 is 2.81 bits per heavy atom. The molecule has 0 saturated heterocycles. The molecule has 1 N–H and O–H groups in total. The van der Waals surface area contributed by atoms with E-state index in [0.717, 1.165) is 11.1 Å². The number of pyridine rings is 1. The van der Waals surface area contributed by atoms with Crippen LogP contribution in [-0.2, 0) is 13.1 Å². The van der Waals surface area contributed by atoms with Crippen LogP contribution in [0.2, 0.25) is 0 Å². The number of furan rings is 1. The SMILES string of the molecule is Cc1noc2nc(-c3ccco3)cc(C(=O)NCc3ccccc3Cn3ccnc3)c12. The third-order valence-corrected chi connectivity index (χ3v) is 5.11. The molecule has 0 aliphatic heterocycles. The average molecular weight is 413 g/mol. The summed E-state index contributed by atoms with van der Waals surface area (Å²) in [5.41, 5.74) is 4.01. The molecule has 1 aromatic carbocycles. The van der Waals surface area contributed by atoms with E-state index in [1.54, 1.807) is 43.9 Å². The summed E-state index contributed by atoms with van der Waals surface area (Å²) in [6.45, 7) is 2.85. The highest BCUT2D eigenvalue weighted by Gasteiger charge is 2.20. The van der Waals surface area contributed by atoms with Crippen LogP contribution in [0.3, 0.4) is 0 Å². The van der Waals surface area contributed by atoms with Crippen molar-refractivity contribution in [3.05, 3.63) is 89.8 Å². The number of nitrogens with zero attached hydrogens (tertiary/aromatic N) is 4. The van der Waals surface area contributed by atoms with Crippen molar-refractivity contribution >= 4 is 17.0 Å². The molecule has 0 atom stereocenters. The van der Waals surface area contributed by atoms with Gasteiger partial charge in [-0.2, -0.15) is 0 Å². The molecule has 0 spiro atoms. The largest absolute Gasteiger partial charge is 0.463 e. The van der Waals surface area contributed by atoms with E-state index in [0.29, 0.717) is 46.9 Å². The van der Waals surface area contributed by atoms with E-state index >= 15 is 0 Å². The lowest BCUT2D eigenvalue weighted by molar-refractivity contribution is 0.0952. The summed E-state index contributed by atoms with van der Waals surface area (Å²) in [5.74, 6) is 0.319. The summed E-state index contributed by atoms with van der Waals surface area (Å²) in [4.78, 5) is 21.7. The van der Waals surface area contributed by atoms with E-state index in [2.05, 4.69) is 20.4 Å². The van der Waals surface area contributed by atoms with Crippen LogP contribution in [0, 0.1) is 6.92 Å². The van der Waals surface area contributed by atoms with Crippen molar-refractivity contribution in [3.8, 4) is 11.5 Å². The lowest BCUT2D eigenvalue weighted by atomic mass is 10.1. The van der Waals surface area contributed by atoms with Gasteiger partial charge in [-0.3, -0.25) is 4.79 Å². The quantitative estimate of drug-likeness (QED) is 0.452. The fourth-order valence-electron chi connectivity index (χ4n) is 3.56. The van der Waals surface area contributed by atoms with E-state index in [9.17, 15) is 4.79 Å². The van der Waals surface area contributed by atoms with Gasteiger partial charge < -0.3 is 18.8 Å². The molecule has 1 amide bonds. The number of carbonyl (C=O) groups is 1. The second kappa shape index (κ2) is 7.91. The number of aromatic nitrogens is 4. The Bertz CT molecular complexity index is 1340. The number of rotatable bonds is 6. The van der Waals surface area contributed by atoms with Crippen molar-refractivity contribution in [1.29, 1.82) is 0 Å². The van der Waals surface area contributed by atoms with Crippen LogP contribution in [0.15, 0.2) is 76.4 Å². The third kappa shape index (κ3) is 3.71. The van der Waals surface area contributed by atoms with E-state index < -0.39 is 0 Å². The second-order valence-corrected chi connectivity index (χ2v) is 7.17. The molecule has 31 heavy (non-hydrogen) atoms. The standard InChI is InChI=1S/C23H19N5O3/c1-15-21-18(11-19(20-7-4-10-30-20)26-23(21)31-27-15)22(29)25-12-16-5-2-3-6-17(16)13-28-9-8-24-14-28/h2-11,14H,12-13H2,1H3,(H,25,29). The highest BCUT2D eigenvalue weighted by Crippen LogP contribution is 2.27. The minimum Gasteiger partial charge on any atom is -0.463 e. The van der Waals surface area contributed by atoms with Gasteiger partial charge in [0.05, 0.1) is 29.2 Å². The van der Waals surface area contributed by atoms with Crippen LogP contribution < -0.4 is 5.32 Å². The predicted molar refractivity (Wildman–Crippen MR) is 113 cm³/mol. The molecule has 0 fully saturated rings. The fraction of sp³-hybridized carbons (Fsp3) is 0.130. The molecule has 0 saturated carbocycles. The van der Waals surface area contributed by atoms with E-state index in [-0.39, 0.29) is 5.91 Å². The Morgan fingerprint density at radius 1 is 1.16 bits per heavy atom. The summed E-state index contributed by atoms with van der Waals surface area (Å²) >= 11 is 0. The summed E-state index contributed by atoms with van der Waals surface area (Å²) in [5, 5.41) is 7.60. The topological polar surface area (TPSA) is 99.0 Å². The second-order valence-electron chi connectivity index (χ2n) is 7.17. The Balaban J connectivity index is 1.43. The van der Waals surface area contributed by atoms with Crippen molar-refractivity contribution in [3.63, 3.8) is 0 Å². The van der Waals surface area contributed by atoms with Crippen LogP contribution in [0.25, 0.3) is 22.6 Å². The minimum absolute atomic E-state index is 0.232. The summed E-state index contributed by atoms with van der Waals surface area (Å²) in [7, 11) is 0. The maximum absolute atomic E-state index is 13.2. The Hall–Kier alpha value is -4.20. The average Bonchev–Trinajstić information content (AvgIpc) is 3.55. The van der Waals surface area contributed by atoms with E-state index in [1.165, 1.54) is 0 Å². The Morgan fingerprint density at radius 2 is 2.03 bits per heavy atom. The van der Waals surface area contributed by atoms with Gasteiger partial charge in [-0.25, -0.2) is 9.97 Å². The molecule has 0 radical (unpaired) electrons. The fourth-order valence-corrected chi connectivity index (χ4v) is 3.56. The Kier molecular flexibility index (Phi) is 4.80. The monoisotopic (exact) mass is 413 g/mol. The predicted octanol–water partition coefficient (Wildman–Crippen LogP) is 3.97. The van der Waals surface area contributed by atoms with E-state index in [4.69, 9.17) is 8.94 Å². The zero-order chi connectivity index (χ0) is 21.2. The lowest BCUT2D eigenvalue weighted by Gasteiger charge is -2.12. The van der Waals surface area contributed by atoms with Gasteiger partial charge in [-0.05, 0) is 36.2 Å². The number of carbonyl (C=O) groups excluding carboxylic acids is 1. The molecule has 0 aliphatic rings. The molecule has 0 unspecified atom stereocenters. The third-order valence-electron chi connectivity index (χ3n) is 5.11. The van der Waals surface area contributed by atoms with Gasteiger partial charge in [0.2, 0.25) is 0 Å². The number of amides is 1. The summed E-state index contributed by atoms with van der Waals surface area (Å²) < 4.78 is 12.8. The highest BCUT2D eigenvalue weighted by molar-refractivity contribution is 6.06. The van der Waals surface area contributed by atoms with Gasteiger partial charge in [0.1, 0.15) is 5.69 Å². The zero-order valence-electron chi connectivity index (χ0n) is 16.8. The molecule has 4 aromatic heterocycles. The first-order chi connectivity index (χ1) is 15.2. The van der Waals surface area contributed by atoms with Crippen molar-refractivity contribution in [1.82, 2.24) is 25.0 Å². The number of benzene rings is 1. The number of hydrogen-bond donors (Lipinski definition) is 1. The first-order valence-corrected chi connectivity index (χ1v) is 9.80. The highest BCUT2D eigenvalue weighted by atomic mass is 16.5. The summed E-state index contributed by atoms with van der Waals surface area (Å²) in [6.07, 6.45) is 6.99. The van der Waals surface area contributed by atoms with Crippen LogP contribution in [0.5, 0.6) is 0 Å². The van der Waals surface area contributed by atoms with Gasteiger partial charge in [0.15, 0.2) is 5.76 Å². The van der Waals surface area contributed by atoms with E-state index in [1.807, 2.05) is 35.0 Å². The van der Waals surface area contributed by atoms with Gasteiger partial charge in [-0.15, -0.1) is 0 Å². The molecule has 154 valence electrons. The van der Waals surface area contributed by atoms with Crippen molar-refractivity contribution in [2.24, 2.45) is 0 Å². The first-order valence-electron chi connectivity index (χ1n) is 9.80. The molecule has 0 bridgehead atoms. The van der Waals surface area contributed by atoms with Crippen LogP contribution in [-0.4, -0.2) is 25.6 Å². The number of fused-ring (bicyclic) bond motifs is 1. The normalized spacial score (nSPS) is 11.1. The first kappa shape index (κ1) is 18.8. The summed E-state index contributed by atoms with van der Waals surface area (Å²) in [6, 6.07) is 13.3. The molecule has 8 heteroatoms. The number of imidazole rings is 1. The maximum Gasteiger partial charge on any atom is 0.259 e. The molecule has 5 rings (SSSR count). The molecule has 0 aliphatic carbocycles. The van der Waals surface area contributed by atoms with Crippen LogP contribution >= 0.6 is 0 Å². The van der Waals surface area contributed by atoms with Crippen LogP contribution in [0.4, 0.5) is 0 Å². The molecular formula is C23H19N5O3. The van der Waals surface area contributed by atoms with Crippen molar-refractivity contribution in [2.45, 2.75) is 20.0 Å². The molecule has 4 heterocycles. The number of hydrogen-bond acceptors (Lipinski definition) is 6. The van der Waals surface area contributed by atoms with Gasteiger partial charge in [0, 0.05) is 25.5 Å². The molecule has 8 nitrogen and oxygen atoms in total. The smallest absolute Gasteiger partial charge is 0.259 e.